The Bertz CT molecular complexity index is 1290. The zero-order valence-electron chi connectivity index (χ0n) is 18.5. The van der Waals surface area contributed by atoms with Gasteiger partial charge in [0.25, 0.3) is 0 Å². The summed E-state index contributed by atoms with van der Waals surface area (Å²) in [7, 11) is 3.14. The summed E-state index contributed by atoms with van der Waals surface area (Å²) in [4.78, 5) is 17.1. The highest BCUT2D eigenvalue weighted by molar-refractivity contribution is 7.99. The molecule has 9 nitrogen and oxygen atoms in total. The van der Waals surface area contributed by atoms with E-state index in [1.165, 1.54) is 38.9 Å². The topological polar surface area (TPSA) is 104 Å². The zero-order valence-corrected chi connectivity index (χ0v) is 20.2. The van der Waals surface area contributed by atoms with Gasteiger partial charge in [-0.05, 0) is 53.6 Å². The molecule has 170 valence electrons. The van der Waals surface area contributed by atoms with Gasteiger partial charge in [-0.25, -0.2) is 4.98 Å². The number of nitrogens with zero attached hydrogens (tertiary/aromatic N) is 5. The fraction of sp³-hybridized carbons (Fsp3) is 0.227. The molecular formula is C22H22N6O3S2. The van der Waals surface area contributed by atoms with Gasteiger partial charge in [-0.3, -0.25) is 4.79 Å². The second kappa shape index (κ2) is 10.0. The minimum atomic E-state index is -0.201. The van der Waals surface area contributed by atoms with Crippen LogP contribution in [-0.4, -0.2) is 51.1 Å². The normalized spacial score (nSPS) is 10.8. The molecule has 0 aliphatic carbocycles. The summed E-state index contributed by atoms with van der Waals surface area (Å²) in [5.74, 6) is 1.13. The van der Waals surface area contributed by atoms with Crippen LogP contribution in [0.25, 0.3) is 16.9 Å². The number of carbonyl (C=O) groups is 1. The maximum atomic E-state index is 12.5. The molecule has 1 N–H and O–H groups in total. The Morgan fingerprint density at radius 3 is 2.73 bits per heavy atom. The van der Waals surface area contributed by atoms with Crippen LogP contribution in [-0.2, 0) is 4.79 Å². The lowest BCUT2D eigenvalue weighted by Crippen LogP contribution is -2.14. The van der Waals surface area contributed by atoms with Gasteiger partial charge in [-0.1, -0.05) is 23.9 Å². The Balaban J connectivity index is 1.43. The number of tetrazole rings is 1. The standard InChI is InChI=1S/C22H22N6O3S2/c1-13-5-6-15(9-14(13)2)17-11-32-21(23-17)24-20(29)12-33-22-25-26-27-28(22)18-10-16(30-3)7-8-19(18)31-4/h5-11H,12H2,1-4H3,(H,23,24,29). The third-order valence-electron chi connectivity index (χ3n) is 4.94. The number of thiazole rings is 1. The van der Waals surface area contributed by atoms with E-state index >= 15 is 0 Å². The molecule has 0 fully saturated rings. The van der Waals surface area contributed by atoms with Crippen molar-refractivity contribution in [3.63, 3.8) is 0 Å². The summed E-state index contributed by atoms with van der Waals surface area (Å²) >= 11 is 2.60. The van der Waals surface area contributed by atoms with Gasteiger partial charge in [0.2, 0.25) is 11.1 Å². The number of rotatable bonds is 8. The Kier molecular flexibility index (Phi) is 6.90. The maximum Gasteiger partial charge on any atom is 0.236 e. The van der Waals surface area contributed by atoms with E-state index in [0.29, 0.717) is 27.5 Å². The summed E-state index contributed by atoms with van der Waals surface area (Å²) in [5.41, 5.74) is 4.90. The van der Waals surface area contributed by atoms with Crippen LogP contribution in [0.2, 0.25) is 0 Å². The molecule has 2 aromatic carbocycles. The van der Waals surface area contributed by atoms with E-state index in [-0.39, 0.29) is 11.7 Å². The monoisotopic (exact) mass is 482 g/mol. The first-order valence-electron chi connectivity index (χ1n) is 9.95. The summed E-state index contributed by atoms with van der Waals surface area (Å²) in [6.45, 7) is 4.14. The summed E-state index contributed by atoms with van der Waals surface area (Å²) in [6.07, 6.45) is 0. The largest absolute Gasteiger partial charge is 0.497 e. The highest BCUT2D eigenvalue weighted by Gasteiger charge is 2.17. The van der Waals surface area contributed by atoms with Crippen molar-refractivity contribution in [3.8, 4) is 28.4 Å². The van der Waals surface area contributed by atoms with Crippen LogP contribution in [0.5, 0.6) is 11.5 Å². The summed E-state index contributed by atoms with van der Waals surface area (Å²) in [5, 5.41) is 17.6. The van der Waals surface area contributed by atoms with E-state index in [2.05, 4.69) is 51.8 Å². The van der Waals surface area contributed by atoms with Crippen LogP contribution in [0.4, 0.5) is 5.13 Å². The Hall–Kier alpha value is -3.44. The first-order valence-corrected chi connectivity index (χ1v) is 11.8. The lowest BCUT2D eigenvalue weighted by Gasteiger charge is -2.11. The number of hydrogen-bond acceptors (Lipinski definition) is 9. The number of aromatic nitrogens is 5. The summed E-state index contributed by atoms with van der Waals surface area (Å²) in [6, 6.07) is 11.5. The third kappa shape index (κ3) is 5.15. The predicted molar refractivity (Wildman–Crippen MR) is 129 cm³/mol. The van der Waals surface area contributed by atoms with Gasteiger partial charge in [0.1, 0.15) is 17.2 Å². The number of nitrogens with one attached hydrogen (secondary N) is 1. The van der Waals surface area contributed by atoms with E-state index in [4.69, 9.17) is 9.47 Å². The van der Waals surface area contributed by atoms with Crippen LogP contribution in [0.1, 0.15) is 11.1 Å². The Morgan fingerprint density at radius 2 is 1.97 bits per heavy atom. The number of carbonyl (C=O) groups excluding carboxylic acids is 1. The van der Waals surface area contributed by atoms with E-state index in [1.54, 1.807) is 32.4 Å². The molecule has 0 spiro atoms. The van der Waals surface area contributed by atoms with Crippen LogP contribution in [0.15, 0.2) is 46.9 Å². The molecule has 33 heavy (non-hydrogen) atoms. The van der Waals surface area contributed by atoms with Gasteiger partial charge in [-0.2, -0.15) is 4.68 Å². The molecule has 0 bridgehead atoms. The number of aryl methyl sites for hydroxylation is 2. The van der Waals surface area contributed by atoms with Gasteiger partial charge >= 0.3 is 0 Å². The van der Waals surface area contributed by atoms with Crippen molar-refractivity contribution in [3.05, 3.63) is 52.9 Å². The average Bonchev–Trinajstić information content (AvgIpc) is 3.48. The molecule has 0 saturated carbocycles. The average molecular weight is 483 g/mol. The smallest absolute Gasteiger partial charge is 0.236 e. The van der Waals surface area contributed by atoms with Crippen molar-refractivity contribution in [1.82, 2.24) is 25.2 Å². The lowest BCUT2D eigenvalue weighted by molar-refractivity contribution is -0.113. The van der Waals surface area contributed by atoms with Crippen molar-refractivity contribution >= 4 is 34.1 Å². The highest BCUT2D eigenvalue weighted by atomic mass is 32.2. The molecule has 2 aromatic heterocycles. The van der Waals surface area contributed by atoms with Crippen LogP contribution in [0, 0.1) is 13.8 Å². The van der Waals surface area contributed by atoms with E-state index < -0.39 is 0 Å². The fourth-order valence-corrected chi connectivity index (χ4v) is 4.45. The Labute approximate surface area is 199 Å². The minimum Gasteiger partial charge on any atom is -0.497 e. The lowest BCUT2D eigenvalue weighted by atomic mass is 10.1. The molecule has 4 aromatic rings. The number of methoxy groups -OCH3 is 2. The number of anilines is 1. The van der Waals surface area contributed by atoms with Crippen molar-refractivity contribution in [1.29, 1.82) is 0 Å². The van der Waals surface area contributed by atoms with Gasteiger partial charge in [0, 0.05) is 17.0 Å². The van der Waals surface area contributed by atoms with Crippen LogP contribution in [0.3, 0.4) is 0 Å². The third-order valence-corrected chi connectivity index (χ3v) is 6.62. The number of amides is 1. The molecule has 1 amide bonds. The number of ether oxygens (including phenoxy) is 2. The van der Waals surface area contributed by atoms with Crippen molar-refractivity contribution in [2.45, 2.75) is 19.0 Å². The second-order valence-corrected chi connectivity index (χ2v) is 8.89. The van der Waals surface area contributed by atoms with Crippen molar-refractivity contribution in [2.75, 3.05) is 25.3 Å². The number of hydrogen-bond donors (Lipinski definition) is 1. The van der Waals surface area contributed by atoms with Gasteiger partial charge in [-0.15, -0.1) is 16.4 Å². The van der Waals surface area contributed by atoms with Crippen LogP contribution < -0.4 is 14.8 Å². The number of benzene rings is 2. The second-order valence-electron chi connectivity index (χ2n) is 7.08. The molecular weight excluding hydrogens is 460 g/mol. The fourth-order valence-electron chi connectivity index (χ4n) is 3.03. The molecule has 0 saturated heterocycles. The van der Waals surface area contributed by atoms with Gasteiger partial charge in [0.05, 0.1) is 25.7 Å². The zero-order chi connectivity index (χ0) is 23.4. The quantitative estimate of drug-likeness (QED) is 0.374. The van der Waals surface area contributed by atoms with E-state index in [9.17, 15) is 4.79 Å². The van der Waals surface area contributed by atoms with Gasteiger partial charge < -0.3 is 14.8 Å². The van der Waals surface area contributed by atoms with Crippen LogP contribution >= 0.6 is 23.1 Å². The molecule has 0 aliphatic heterocycles. The first-order chi connectivity index (χ1) is 16.0. The van der Waals surface area contributed by atoms with E-state index in [1.807, 2.05) is 11.4 Å². The number of thioether (sulfide) groups is 1. The summed E-state index contributed by atoms with van der Waals surface area (Å²) < 4.78 is 12.2. The molecule has 11 heteroatoms. The van der Waals surface area contributed by atoms with Crippen molar-refractivity contribution < 1.29 is 14.3 Å². The highest BCUT2D eigenvalue weighted by Crippen LogP contribution is 2.30. The molecule has 4 rings (SSSR count). The van der Waals surface area contributed by atoms with Crippen molar-refractivity contribution in [2.24, 2.45) is 0 Å². The maximum absolute atomic E-state index is 12.5. The predicted octanol–water partition coefficient (Wildman–Crippen LogP) is 4.15. The van der Waals surface area contributed by atoms with Gasteiger partial charge in [0.15, 0.2) is 5.13 Å². The van der Waals surface area contributed by atoms with E-state index in [0.717, 1.165) is 11.3 Å². The minimum absolute atomic E-state index is 0.116. The molecule has 0 atom stereocenters. The Morgan fingerprint density at radius 1 is 1.12 bits per heavy atom. The molecule has 0 unspecified atom stereocenters. The molecule has 2 heterocycles. The first kappa shape index (κ1) is 22.7. The molecule has 0 aliphatic rings. The SMILES string of the molecule is COc1ccc(OC)c(-n2nnnc2SCC(=O)Nc2nc(-c3ccc(C)c(C)c3)cs2)c1. The molecule has 0 radical (unpaired) electrons.